The van der Waals surface area contributed by atoms with Crippen molar-refractivity contribution in [3.05, 3.63) is 70.7 Å². The molecule has 0 spiro atoms. The van der Waals surface area contributed by atoms with Crippen molar-refractivity contribution < 1.29 is 14.3 Å². The van der Waals surface area contributed by atoms with Crippen LogP contribution in [0.4, 0.5) is 0 Å². The smallest absolute Gasteiger partial charge is 0.311 e. The zero-order chi connectivity index (χ0) is 18.9. The Morgan fingerprint density at radius 3 is 2.35 bits per heavy atom. The number of hydrogen-bond donors (Lipinski definition) is 1. The normalized spacial score (nSPS) is 12.9. The van der Waals surface area contributed by atoms with Gasteiger partial charge in [0.05, 0.1) is 6.42 Å². The summed E-state index contributed by atoms with van der Waals surface area (Å²) in [6.45, 7) is 4.18. The van der Waals surface area contributed by atoms with Gasteiger partial charge in [-0.2, -0.15) is 0 Å². The van der Waals surface area contributed by atoms with Crippen LogP contribution < -0.4 is 5.32 Å². The molecule has 0 aliphatic carbocycles. The standard InChI is InChI=1S/C21H24ClNO3/c1-3-17(18-7-5-4-6-8-18)14-23-21(25)15(2)26-20(24)13-16-9-11-19(22)12-10-16/h4-12,15,17H,3,13-14H2,1-2H3,(H,23,25)/t15-,17-/m0/s1. The highest BCUT2D eigenvalue weighted by Gasteiger charge is 2.19. The molecular formula is C21H24ClNO3. The van der Waals surface area contributed by atoms with Crippen molar-refractivity contribution in [1.82, 2.24) is 5.32 Å². The van der Waals surface area contributed by atoms with E-state index >= 15 is 0 Å². The molecule has 4 nitrogen and oxygen atoms in total. The minimum absolute atomic E-state index is 0.108. The van der Waals surface area contributed by atoms with Gasteiger partial charge in [-0.25, -0.2) is 0 Å². The number of rotatable bonds is 8. The second-order valence-corrected chi connectivity index (χ2v) is 6.63. The van der Waals surface area contributed by atoms with Crippen molar-refractivity contribution in [3.63, 3.8) is 0 Å². The molecular weight excluding hydrogens is 350 g/mol. The highest BCUT2D eigenvalue weighted by Crippen LogP contribution is 2.18. The zero-order valence-corrected chi connectivity index (χ0v) is 15.8. The molecule has 0 aliphatic rings. The van der Waals surface area contributed by atoms with Gasteiger partial charge in [-0.05, 0) is 36.6 Å². The Morgan fingerprint density at radius 1 is 1.08 bits per heavy atom. The van der Waals surface area contributed by atoms with Crippen LogP contribution in [-0.2, 0) is 20.7 Å². The summed E-state index contributed by atoms with van der Waals surface area (Å²) in [5.74, 6) is -0.494. The van der Waals surface area contributed by atoms with Crippen molar-refractivity contribution in [3.8, 4) is 0 Å². The van der Waals surface area contributed by atoms with Gasteiger partial charge in [0.25, 0.3) is 5.91 Å². The highest BCUT2D eigenvalue weighted by atomic mass is 35.5. The predicted molar refractivity (Wildman–Crippen MR) is 103 cm³/mol. The third-order valence-electron chi connectivity index (χ3n) is 4.23. The van der Waals surface area contributed by atoms with Gasteiger partial charge in [-0.15, -0.1) is 0 Å². The quantitative estimate of drug-likeness (QED) is 0.708. The molecule has 2 aromatic rings. The monoisotopic (exact) mass is 373 g/mol. The third kappa shape index (κ3) is 6.19. The first-order valence-corrected chi connectivity index (χ1v) is 9.14. The molecule has 0 bridgehead atoms. The lowest BCUT2D eigenvalue weighted by atomic mass is 9.96. The molecule has 0 aromatic heterocycles. The fourth-order valence-corrected chi connectivity index (χ4v) is 2.78. The first-order valence-electron chi connectivity index (χ1n) is 8.76. The molecule has 0 saturated carbocycles. The van der Waals surface area contributed by atoms with E-state index in [1.807, 2.05) is 18.2 Å². The van der Waals surface area contributed by atoms with Crippen molar-refractivity contribution in [1.29, 1.82) is 0 Å². The van der Waals surface area contributed by atoms with E-state index in [1.165, 1.54) is 5.56 Å². The highest BCUT2D eigenvalue weighted by molar-refractivity contribution is 6.30. The Kier molecular flexibility index (Phi) is 7.67. The summed E-state index contributed by atoms with van der Waals surface area (Å²) in [4.78, 5) is 24.2. The molecule has 0 unspecified atom stereocenters. The molecule has 5 heteroatoms. The van der Waals surface area contributed by atoms with Crippen LogP contribution in [-0.4, -0.2) is 24.5 Å². The van der Waals surface area contributed by atoms with Gasteiger partial charge in [0.15, 0.2) is 6.10 Å². The number of esters is 1. The van der Waals surface area contributed by atoms with Crippen LogP contribution in [0.15, 0.2) is 54.6 Å². The molecule has 0 fully saturated rings. The van der Waals surface area contributed by atoms with Gasteiger partial charge in [0, 0.05) is 17.5 Å². The number of ether oxygens (including phenoxy) is 1. The Hall–Kier alpha value is -2.33. The Labute approximate surface area is 159 Å². The van der Waals surface area contributed by atoms with Crippen LogP contribution in [0.25, 0.3) is 0 Å². The molecule has 0 radical (unpaired) electrons. The maximum Gasteiger partial charge on any atom is 0.311 e. The lowest BCUT2D eigenvalue weighted by Gasteiger charge is -2.18. The number of amides is 1. The minimum Gasteiger partial charge on any atom is -0.452 e. The summed E-state index contributed by atoms with van der Waals surface area (Å²) in [6.07, 6.45) is 0.189. The molecule has 1 N–H and O–H groups in total. The second kappa shape index (κ2) is 9.97. The molecule has 0 heterocycles. The second-order valence-electron chi connectivity index (χ2n) is 6.20. The molecule has 2 aromatic carbocycles. The number of nitrogens with one attached hydrogen (secondary N) is 1. The lowest BCUT2D eigenvalue weighted by Crippen LogP contribution is -2.38. The van der Waals surface area contributed by atoms with Gasteiger partial charge in [-0.3, -0.25) is 9.59 Å². The fourth-order valence-electron chi connectivity index (χ4n) is 2.65. The van der Waals surface area contributed by atoms with Crippen molar-refractivity contribution in [2.75, 3.05) is 6.54 Å². The lowest BCUT2D eigenvalue weighted by molar-refractivity contribution is -0.154. The van der Waals surface area contributed by atoms with Gasteiger partial charge >= 0.3 is 5.97 Å². The van der Waals surface area contributed by atoms with E-state index in [-0.39, 0.29) is 18.2 Å². The number of carbonyl (C=O) groups is 2. The zero-order valence-electron chi connectivity index (χ0n) is 15.1. The van der Waals surface area contributed by atoms with Crippen molar-refractivity contribution in [2.45, 2.75) is 38.7 Å². The van der Waals surface area contributed by atoms with Crippen LogP contribution in [0.2, 0.25) is 5.02 Å². The summed E-state index contributed by atoms with van der Waals surface area (Å²) in [7, 11) is 0. The van der Waals surface area contributed by atoms with E-state index in [9.17, 15) is 9.59 Å². The van der Waals surface area contributed by atoms with Crippen molar-refractivity contribution in [2.24, 2.45) is 0 Å². The average molecular weight is 374 g/mol. The Morgan fingerprint density at radius 2 is 1.73 bits per heavy atom. The van der Waals surface area contributed by atoms with Gasteiger partial charge in [-0.1, -0.05) is 61.0 Å². The molecule has 2 atom stereocenters. The molecule has 0 aliphatic heterocycles. The average Bonchev–Trinajstić information content (AvgIpc) is 2.64. The molecule has 138 valence electrons. The molecule has 26 heavy (non-hydrogen) atoms. The largest absolute Gasteiger partial charge is 0.452 e. The summed E-state index contributed by atoms with van der Waals surface area (Å²) in [5.41, 5.74) is 1.98. The maximum absolute atomic E-state index is 12.2. The third-order valence-corrected chi connectivity index (χ3v) is 4.48. The van der Waals surface area contributed by atoms with E-state index in [0.717, 1.165) is 12.0 Å². The topological polar surface area (TPSA) is 55.4 Å². The van der Waals surface area contributed by atoms with Crippen LogP contribution in [0.3, 0.4) is 0 Å². The summed E-state index contributed by atoms with van der Waals surface area (Å²) < 4.78 is 5.23. The number of hydrogen-bond acceptors (Lipinski definition) is 3. The fraction of sp³-hybridized carbons (Fsp3) is 0.333. The molecule has 1 amide bonds. The van der Waals surface area contributed by atoms with Crippen LogP contribution >= 0.6 is 11.6 Å². The van der Waals surface area contributed by atoms with Gasteiger partial charge in [0.2, 0.25) is 0 Å². The van der Waals surface area contributed by atoms with E-state index < -0.39 is 12.1 Å². The van der Waals surface area contributed by atoms with E-state index in [4.69, 9.17) is 16.3 Å². The SMILES string of the molecule is CC[C@@H](CNC(=O)[C@H](C)OC(=O)Cc1ccc(Cl)cc1)c1ccccc1. The van der Waals surface area contributed by atoms with Crippen molar-refractivity contribution >= 4 is 23.5 Å². The molecule has 0 saturated heterocycles. The van der Waals surface area contributed by atoms with Gasteiger partial charge < -0.3 is 10.1 Å². The maximum atomic E-state index is 12.2. The van der Waals surface area contributed by atoms with Crippen LogP contribution in [0.5, 0.6) is 0 Å². The van der Waals surface area contributed by atoms with Crippen LogP contribution in [0, 0.1) is 0 Å². The number of halogens is 1. The number of benzene rings is 2. The van der Waals surface area contributed by atoms with E-state index in [0.29, 0.717) is 11.6 Å². The minimum atomic E-state index is -0.830. The number of carbonyl (C=O) groups excluding carboxylic acids is 2. The first kappa shape index (κ1) is 20.0. The van der Waals surface area contributed by atoms with E-state index in [2.05, 4.69) is 24.4 Å². The Bertz CT molecular complexity index is 716. The summed E-state index contributed by atoms with van der Waals surface area (Å²) in [5, 5.41) is 3.48. The predicted octanol–water partition coefficient (Wildman–Crippen LogP) is 4.12. The van der Waals surface area contributed by atoms with Gasteiger partial charge in [0.1, 0.15) is 0 Å². The summed E-state index contributed by atoms with van der Waals surface area (Å²) in [6, 6.07) is 17.0. The first-order chi connectivity index (χ1) is 12.5. The van der Waals surface area contributed by atoms with Crippen LogP contribution in [0.1, 0.15) is 37.3 Å². The van der Waals surface area contributed by atoms with E-state index in [1.54, 1.807) is 31.2 Å². The molecule has 2 rings (SSSR count). The Balaban J connectivity index is 1.81. The summed E-state index contributed by atoms with van der Waals surface area (Å²) >= 11 is 5.82.